The molecule has 1 saturated heterocycles. The summed E-state index contributed by atoms with van der Waals surface area (Å²) in [4.78, 5) is 0. The lowest BCUT2D eigenvalue weighted by Gasteiger charge is -2.30. The van der Waals surface area contributed by atoms with Crippen LogP contribution < -0.4 is 0 Å². The minimum absolute atomic E-state index is 0.348. The lowest BCUT2D eigenvalue weighted by Crippen LogP contribution is -2.31. The van der Waals surface area contributed by atoms with Crippen LogP contribution in [0.1, 0.15) is 16.7 Å². The van der Waals surface area contributed by atoms with Gasteiger partial charge in [-0.15, -0.1) is 0 Å². The van der Waals surface area contributed by atoms with E-state index < -0.39 is 5.79 Å². The van der Waals surface area contributed by atoms with E-state index in [-0.39, 0.29) is 5.82 Å². The first kappa shape index (κ1) is 15.2. The predicted octanol–water partition coefficient (Wildman–Crippen LogP) is 4.66. The fourth-order valence-corrected chi connectivity index (χ4v) is 3.41. The van der Waals surface area contributed by atoms with Crippen LogP contribution in [0, 0.1) is 5.82 Å². The highest BCUT2D eigenvalue weighted by Crippen LogP contribution is 2.42. The van der Waals surface area contributed by atoms with Gasteiger partial charge in [-0.1, -0.05) is 58.5 Å². The first-order valence-corrected chi connectivity index (χ1v) is 8.45. The molecule has 0 radical (unpaired) electrons. The molecule has 0 aliphatic carbocycles. The SMILES string of the molecule is Fc1ccccc1C1(c2cc(Cl)ccc2CI)OCCO1. The quantitative estimate of drug-likeness (QED) is 0.533. The molecular weight excluding hydrogens is 406 g/mol. The standard InChI is InChI=1S/C16H13ClFIO2/c17-12-6-5-11(10-19)14(9-12)16(20-7-8-21-16)13-3-1-2-4-15(13)18/h1-6,9H,7-8,10H2. The molecular formula is C16H13ClFIO2. The molecule has 1 aliphatic heterocycles. The zero-order valence-electron chi connectivity index (χ0n) is 11.1. The third kappa shape index (κ3) is 2.70. The van der Waals surface area contributed by atoms with Crippen LogP contribution in [0.3, 0.4) is 0 Å². The Labute approximate surface area is 141 Å². The summed E-state index contributed by atoms with van der Waals surface area (Å²) in [6.07, 6.45) is 0. The maximum atomic E-state index is 14.3. The molecule has 0 atom stereocenters. The first-order chi connectivity index (χ1) is 10.2. The van der Waals surface area contributed by atoms with Gasteiger partial charge in [-0.2, -0.15) is 0 Å². The molecule has 0 unspecified atom stereocenters. The second-order valence-electron chi connectivity index (χ2n) is 4.73. The molecule has 110 valence electrons. The maximum Gasteiger partial charge on any atom is 0.225 e. The topological polar surface area (TPSA) is 18.5 Å². The predicted molar refractivity (Wildman–Crippen MR) is 88.3 cm³/mol. The number of rotatable bonds is 3. The Hall–Kier alpha value is -0.690. The van der Waals surface area contributed by atoms with E-state index >= 15 is 0 Å². The molecule has 1 fully saturated rings. The molecule has 2 nitrogen and oxygen atoms in total. The molecule has 0 saturated carbocycles. The van der Waals surface area contributed by atoms with Gasteiger partial charge in [0.15, 0.2) is 0 Å². The zero-order valence-corrected chi connectivity index (χ0v) is 14.0. The van der Waals surface area contributed by atoms with E-state index in [0.29, 0.717) is 23.8 Å². The van der Waals surface area contributed by atoms with Gasteiger partial charge in [0.05, 0.1) is 18.8 Å². The lowest BCUT2D eigenvalue weighted by atomic mass is 9.93. The summed E-state index contributed by atoms with van der Waals surface area (Å²) < 4.78 is 26.8. The third-order valence-electron chi connectivity index (χ3n) is 3.49. The molecule has 3 rings (SSSR count). The minimum Gasteiger partial charge on any atom is -0.340 e. The Morgan fingerprint density at radius 1 is 1.10 bits per heavy atom. The van der Waals surface area contributed by atoms with Gasteiger partial charge in [0.2, 0.25) is 5.79 Å². The molecule has 1 aliphatic rings. The molecule has 5 heteroatoms. The van der Waals surface area contributed by atoms with Crippen LogP contribution in [0.2, 0.25) is 5.02 Å². The zero-order chi connectivity index (χ0) is 14.9. The fourth-order valence-electron chi connectivity index (χ4n) is 2.57. The van der Waals surface area contributed by atoms with Crippen molar-refractivity contribution in [1.29, 1.82) is 0 Å². The van der Waals surface area contributed by atoms with E-state index in [9.17, 15) is 4.39 Å². The molecule has 2 aromatic rings. The normalized spacial score (nSPS) is 17.1. The van der Waals surface area contributed by atoms with Crippen LogP contribution in [-0.4, -0.2) is 13.2 Å². The van der Waals surface area contributed by atoms with E-state index in [2.05, 4.69) is 22.6 Å². The van der Waals surface area contributed by atoms with Crippen LogP contribution >= 0.6 is 34.2 Å². The van der Waals surface area contributed by atoms with Crippen LogP contribution in [0.15, 0.2) is 42.5 Å². The fraction of sp³-hybridized carbons (Fsp3) is 0.250. The number of benzene rings is 2. The molecule has 0 amide bonds. The van der Waals surface area contributed by atoms with Gasteiger partial charge in [-0.25, -0.2) is 4.39 Å². The molecule has 2 aromatic carbocycles. The maximum absolute atomic E-state index is 14.3. The second-order valence-corrected chi connectivity index (χ2v) is 5.93. The number of alkyl halides is 1. The van der Waals surface area contributed by atoms with Crippen molar-refractivity contribution in [2.75, 3.05) is 13.2 Å². The molecule has 1 heterocycles. The molecule has 0 aromatic heterocycles. The van der Waals surface area contributed by atoms with Gasteiger partial charge in [0, 0.05) is 15.0 Å². The van der Waals surface area contributed by atoms with Crippen LogP contribution in [0.25, 0.3) is 0 Å². The number of hydrogen-bond acceptors (Lipinski definition) is 2. The number of halogens is 3. The van der Waals surface area contributed by atoms with Crippen molar-refractivity contribution in [3.05, 3.63) is 70.0 Å². The monoisotopic (exact) mass is 418 g/mol. The Kier molecular flexibility index (Phi) is 4.49. The molecule has 0 bridgehead atoms. The van der Waals surface area contributed by atoms with Crippen molar-refractivity contribution in [1.82, 2.24) is 0 Å². The highest BCUT2D eigenvalue weighted by Gasteiger charge is 2.44. The molecule has 0 spiro atoms. The number of hydrogen-bond donors (Lipinski definition) is 0. The van der Waals surface area contributed by atoms with Crippen LogP contribution in [0.5, 0.6) is 0 Å². The minimum atomic E-state index is -1.21. The van der Waals surface area contributed by atoms with Crippen LogP contribution in [-0.2, 0) is 19.7 Å². The van der Waals surface area contributed by atoms with E-state index in [1.54, 1.807) is 24.3 Å². The van der Waals surface area contributed by atoms with Gasteiger partial charge < -0.3 is 9.47 Å². The van der Waals surface area contributed by atoms with E-state index in [4.69, 9.17) is 21.1 Å². The van der Waals surface area contributed by atoms with Crippen LogP contribution in [0.4, 0.5) is 4.39 Å². The van der Waals surface area contributed by atoms with Crippen molar-refractivity contribution in [2.45, 2.75) is 10.2 Å². The van der Waals surface area contributed by atoms with Gasteiger partial charge in [-0.3, -0.25) is 0 Å². The van der Waals surface area contributed by atoms with Gasteiger partial charge in [0.25, 0.3) is 0 Å². The van der Waals surface area contributed by atoms with Crippen molar-refractivity contribution in [3.8, 4) is 0 Å². The average molecular weight is 419 g/mol. The summed E-state index contributed by atoms with van der Waals surface area (Å²) in [6.45, 7) is 0.836. The van der Waals surface area contributed by atoms with Gasteiger partial charge in [-0.05, 0) is 23.8 Å². The highest BCUT2D eigenvalue weighted by molar-refractivity contribution is 14.1. The Morgan fingerprint density at radius 3 is 2.48 bits per heavy atom. The average Bonchev–Trinajstić information content (AvgIpc) is 2.98. The van der Waals surface area contributed by atoms with E-state index in [1.165, 1.54) is 6.07 Å². The summed E-state index contributed by atoms with van der Waals surface area (Å²) in [5, 5.41) is 0.577. The van der Waals surface area contributed by atoms with Crippen molar-refractivity contribution in [2.24, 2.45) is 0 Å². The van der Waals surface area contributed by atoms with Gasteiger partial charge in [0.1, 0.15) is 5.82 Å². The van der Waals surface area contributed by atoms with Crippen molar-refractivity contribution < 1.29 is 13.9 Å². The Morgan fingerprint density at radius 2 is 1.81 bits per heavy atom. The largest absolute Gasteiger partial charge is 0.340 e. The van der Waals surface area contributed by atoms with Crippen molar-refractivity contribution in [3.63, 3.8) is 0 Å². The summed E-state index contributed by atoms with van der Waals surface area (Å²) >= 11 is 8.40. The Balaban J connectivity index is 2.24. The Bertz CT molecular complexity index is 656. The lowest BCUT2D eigenvalue weighted by molar-refractivity contribution is -0.132. The summed E-state index contributed by atoms with van der Waals surface area (Å²) in [5.41, 5.74) is 2.17. The molecule has 21 heavy (non-hydrogen) atoms. The summed E-state index contributed by atoms with van der Waals surface area (Å²) in [5.74, 6) is -1.56. The molecule has 0 N–H and O–H groups in total. The second kappa shape index (κ2) is 6.20. The van der Waals surface area contributed by atoms with Gasteiger partial charge >= 0.3 is 0 Å². The smallest absolute Gasteiger partial charge is 0.225 e. The highest BCUT2D eigenvalue weighted by atomic mass is 127. The third-order valence-corrected chi connectivity index (χ3v) is 4.55. The summed E-state index contributed by atoms with van der Waals surface area (Å²) in [6, 6.07) is 12.1. The van der Waals surface area contributed by atoms with E-state index in [0.717, 1.165) is 15.6 Å². The number of ether oxygens (including phenoxy) is 2. The van der Waals surface area contributed by atoms with E-state index in [1.807, 2.05) is 12.1 Å². The van der Waals surface area contributed by atoms with Crippen molar-refractivity contribution >= 4 is 34.2 Å². The first-order valence-electron chi connectivity index (χ1n) is 6.55. The summed E-state index contributed by atoms with van der Waals surface area (Å²) in [7, 11) is 0.